The number of nitrogens with zero attached hydrogens (tertiary/aromatic N) is 2. The van der Waals surface area contributed by atoms with Gasteiger partial charge in [0.05, 0.1) is 13.2 Å². The van der Waals surface area contributed by atoms with Gasteiger partial charge in [-0.1, -0.05) is 54.1 Å². The largest absolute Gasteiger partial charge is 0.392 e. The van der Waals surface area contributed by atoms with Gasteiger partial charge in [0.1, 0.15) is 5.69 Å². The third-order valence-electron chi connectivity index (χ3n) is 4.11. The third-order valence-corrected chi connectivity index (χ3v) is 4.11. The Kier molecular flexibility index (Phi) is 7.92. The maximum Gasteiger partial charge on any atom is 0.295 e. The first-order valence-corrected chi connectivity index (χ1v) is 8.92. The van der Waals surface area contributed by atoms with Gasteiger partial charge < -0.3 is 5.11 Å². The highest BCUT2D eigenvalue weighted by Crippen LogP contribution is 2.13. The average molecular weight is 366 g/mol. The number of allylic oxidation sites excluding steroid dienone is 3. The molecule has 1 aromatic heterocycles. The molecule has 1 heterocycles. The van der Waals surface area contributed by atoms with Crippen LogP contribution in [0.15, 0.2) is 66.9 Å². The fraction of sp³-hybridized carbons (Fsp3) is 0.273. The van der Waals surface area contributed by atoms with E-state index in [1.165, 1.54) is 5.56 Å². The van der Waals surface area contributed by atoms with Crippen LogP contribution in [0.3, 0.4) is 0 Å². The summed E-state index contributed by atoms with van der Waals surface area (Å²) >= 11 is 0. The van der Waals surface area contributed by atoms with Crippen molar-refractivity contribution in [2.24, 2.45) is 5.92 Å². The molecule has 0 aliphatic heterocycles. The Morgan fingerprint density at radius 3 is 2.56 bits per heavy atom. The van der Waals surface area contributed by atoms with Crippen LogP contribution >= 0.6 is 0 Å². The summed E-state index contributed by atoms with van der Waals surface area (Å²) in [5, 5.41) is 19.2. The van der Waals surface area contributed by atoms with Crippen LogP contribution in [0.25, 0.3) is 0 Å². The number of amides is 1. The fourth-order valence-corrected chi connectivity index (χ4v) is 2.67. The zero-order chi connectivity index (χ0) is 19.6. The highest BCUT2D eigenvalue weighted by atomic mass is 16.5. The molecule has 1 atom stereocenters. The van der Waals surface area contributed by atoms with E-state index in [1.807, 2.05) is 68.5 Å². The molecule has 1 aromatic carbocycles. The molecule has 2 N–H and O–H groups in total. The highest BCUT2D eigenvalue weighted by Gasteiger charge is 2.18. The first kappa shape index (κ1) is 20.6. The van der Waals surface area contributed by atoms with Gasteiger partial charge in [0, 0.05) is 12.1 Å². The molecule has 5 heteroatoms. The molecule has 142 valence electrons. The zero-order valence-corrected chi connectivity index (χ0v) is 15.7. The van der Waals surface area contributed by atoms with Gasteiger partial charge >= 0.3 is 0 Å². The van der Waals surface area contributed by atoms with E-state index < -0.39 is 5.91 Å². The van der Waals surface area contributed by atoms with E-state index in [9.17, 15) is 10.0 Å². The summed E-state index contributed by atoms with van der Waals surface area (Å²) in [6.07, 6.45) is 10.3. The summed E-state index contributed by atoms with van der Waals surface area (Å²) in [4.78, 5) is 15.9. The number of hydrogen-bond acceptors (Lipinski definition) is 4. The molecule has 0 radical (unpaired) electrons. The van der Waals surface area contributed by atoms with Gasteiger partial charge in [-0.05, 0) is 43.5 Å². The topological polar surface area (TPSA) is 73.7 Å². The van der Waals surface area contributed by atoms with E-state index >= 15 is 0 Å². The number of rotatable bonds is 4. The number of benzene rings is 1. The summed E-state index contributed by atoms with van der Waals surface area (Å²) in [6, 6.07) is 11.3. The van der Waals surface area contributed by atoms with Crippen molar-refractivity contribution in [3.8, 4) is 0 Å². The minimum absolute atomic E-state index is 0.141. The van der Waals surface area contributed by atoms with Crippen LogP contribution in [0.4, 0.5) is 0 Å². The lowest BCUT2D eigenvalue weighted by Gasteiger charge is -2.20. The molecule has 0 spiro atoms. The Hall–Kier alpha value is -2.76. The van der Waals surface area contributed by atoms with Crippen LogP contribution in [-0.4, -0.2) is 32.8 Å². The lowest BCUT2D eigenvalue weighted by Crippen LogP contribution is -2.32. The summed E-state index contributed by atoms with van der Waals surface area (Å²) in [5.41, 5.74) is 3.40. The molecule has 1 amide bonds. The summed E-state index contributed by atoms with van der Waals surface area (Å²) in [6.45, 7) is 4.32. The Bertz CT molecular complexity index is 815. The minimum Gasteiger partial charge on any atom is -0.392 e. The lowest BCUT2D eigenvalue weighted by atomic mass is 10.0. The zero-order valence-electron chi connectivity index (χ0n) is 15.7. The lowest BCUT2D eigenvalue weighted by molar-refractivity contribution is -0.0643. The molecule has 27 heavy (non-hydrogen) atoms. The van der Waals surface area contributed by atoms with Gasteiger partial charge in [-0.15, -0.1) is 0 Å². The van der Waals surface area contributed by atoms with Crippen LogP contribution in [0, 0.1) is 19.8 Å². The Balaban J connectivity index is 0.000000244. The summed E-state index contributed by atoms with van der Waals surface area (Å²) in [5.74, 6) is -0.296. The van der Waals surface area contributed by atoms with Gasteiger partial charge in [0.2, 0.25) is 0 Å². The van der Waals surface area contributed by atoms with E-state index in [0.29, 0.717) is 0 Å². The van der Waals surface area contributed by atoms with Crippen molar-refractivity contribution < 1.29 is 15.1 Å². The van der Waals surface area contributed by atoms with E-state index in [0.717, 1.165) is 22.6 Å². The number of hydroxylamine groups is 2. The van der Waals surface area contributed by atoms with E-state index in [-0.39, 0.29) is 24.8 Å². The predicted molar refractivity (Wildman–Crippen MR) is 105 cm³/mol. The third kappa shape index (κ3) is 6.81. The second-order valence-electron chi connectivity index (χ2n) is 6.56. The van der Waals surface area contributed by atoms with Crippen molar-refractivity contribution in [2.45, 2.75) is 26.9 Å². The Morgan fingerprint density at radius 2 is 1.96 bits per heavy atom. The van der Waals surface area contributed by atoms with Crippen molar-refractivity contribution in [3.63, 3.8) is 0 Å². The van der Waals surface area contributed by atoms with E-state index in [2.05, 4.69) is 4.98 Å². The second kappa shape index (κ2) is 10.4. The van der Waals surface area contributed by atoms with Gasteiger partial charge in [-0.25, -0.2) is 5.06 Å². The first-order chi connectivity index (χ1) is 13.0. The standard InChI is InChI=1S/C14H16N2O2.C8H10O/c1-11-7-8-15-13(9-11)14(17)16(18)10-12-5-3-2-4-6-12;1-7-3-2-4-8(5-7)6-9/h2-5,7-9,12,18H,6,10H2,1H3;2-5,9H,6H2,1H3. The van der Waals surface area contributed by atoms with Crippen LogP contribution in [0.5, 0.6) is 0 Å². The van der Waals surface area contributed by atoms with Crippen molar-refractivity contribution >= 4 is 5.91 Å². The van der Waals surface area contributed by atoms with Crippen LogP contribution in [-0.2, 0) is 6.61 Å². The fourth-order valence-electron chi connectivity index (χ4n) is 2.67. The quantitative estimate of drug-likeness (QED) is 0.637. The normalized spacial score (nSPS) is 15.0. The molecule has 0 saturated carbocycles. The van der Waals surface area contributed by atoms with Crippen LogP contribution in [0.2, 0.25) is 0 Å². The maximum atomic E-state index is 11.9. The van der Waals surface area contributed by atoms with Crippen molar-refractivity contribution in [3.05, 3.63) is 89.3 Å². The number of pyridine rings is 1. The molecule has 2 aromatic rings. The molecule has 5 nitrogen and oxygen atoms in total. The molecular weight excluding hydrogens is 340 g/mol. The Labute approximate surface area is 160 Å². The number of aromatic nitrogens is 1. The molecule has 0 fully saturated rings. The van der Waals surface area contributed by atoms with Crippen molar-refractivity contribution in [2.75, 3.05) is 6.54 Å². The molecule has 0 bridgehead atoms. The summed E-state index contributed by atoms with van der Waals surface area (Å²) in [7, 11) is 0. The van der Waals surface area contributed by atoms with Crippen molar-refractivity contribution in [1.82, 2.24) is 10.0 Å². The number of aliphatic hydroxyl groups excluding tert-OH is 1. The number of aryl methyl sites for hydroxylation is 2. The van der Waals surface area contributed by atoms with Gasteiger partial charge in [0.25, 0.3) is 5.91 Å². The maximum absolute atomic E-state index is 11.9. The molecule has 1 aliphatic carbocycles. The summed E-state index contributed by atoms with van der Waals surface area (Å²) < 4.78 is 0. The SMILES string of the molecule is Cc1cccc(CO)c1.Cc1ccnc(C(=O)N(O)CC2C=CC=CC2)c1. The molecule has 0 saturated heterocycles. The smallest absolute Gasteiger partial charge is 0.295 e. The van der Waals surface area contributed by atoms with Gasteiger partial charge in [-0.3, -0.25) is 15.0 Å². The van der Waals surface area contributed by atoms with Crippen molar-refractivity contribution in [1.29, 1.82) is 0 Å². The predicted octanol–water partition coefficient (Wildman–Crippen LogP) is 3.84. The number of carbonyl (C=O) groups excluding carboxylic acids is 1. The molecule has 1 aliphatic rings. The van der Waals surface area contributed by atoms with E-state index in [4.69, 9.17) is 5.11 Å². The molecule has 1 unspecified atom stereocenters. The second-order valence-corrected chi connectivity index (χ2v) is 6.56. The molecule has 3 rings (SSSR count). The Morgan fingerprint density at radius 1 is 1.19 bits per heavy atom. The number of aliphatic hydroxyl groups is 1. The number of carbonyl (C=O) groups is 1. The van der Waals surface area contributed by atoms with Gasteiger partial charge in [-0.2, -0.15) is 0 Å². The van der Waals surface area contributed by atoms with Crippen LogP contribution < -0.4 is 0 Å². The van der Waals surface area contributed by atoms with E-state index in [1.54, 1.807) is 12.3 Å². The van der Waals surface area contributed by atoms with Crippen LogP contribution in [0.1, 0.15) is 33.6 Å². The molecular formula is C22H26N2O3. The number of hydrogen-bond donors (Lipinski definition) is 2. The monoisotopic (exact) mass is 366 g/mol. The minimum atomic E-state index is -0.457. The first-order valence-electron chi connectivity index (χ1n) is 8.92. The average Bonchev–Trinajstić information content (AvgIpc) is 2.68. The van der Waals surface area contributed by atoms with Gasteiger partial charge in [0.15, 0.2) is 0 Å². The highest BCUT2D eigenvalue weighted by molar-refractivity contribution is 5.91.